The number of rotatable bonds is 6. The van der Waals surface area contributed by atoms with Gasteiger partial charge in [0.2, 0.25) is 0 Å². The summed E-state index contributed by atoms with van der Waals surface area (Å²) in [5, 5.41) is 11.8. The van der Waals surface area contributed by atoms with Gasteiger partial charge in [0.1, 0.15) is 6.04 Å². The molecule has 6 heteroatoms. The highest BCUT2D eigenvalue weighted by Gasteiger charge is 2.20. The van der Waals surface area contributed by atoms with Crippen molar-refractivity contribution < 1.29 is 14.7 Å². The molecule has 0 radical (unpaired) electrons. The Bertz CT molecular complexity index is 477. The fourth-order valence-corrected chi connectivity index (χ4v) is 1.76. The van der Waals surface area contributed by atoms with E-state index in [0.29, 0.717) is 17.7 Å². The molecular weight excluding hydrogens is 268 g/mol. The minimum absolute atomic E-state index is 0.271. The summed E-state index contributed by atoms with van der Waals surface area (Å²) in [6, 6.07) is 3.56. The normalized spacial score (nSPS) is 11.9. The first kappa shape index (κ1) is 15.3. The van der Waals surface area contributed by atoms with E-state index in [2.05, 4.69) is 5.32 Å². The molecule has 104 valence electrons. The lowest BCUT2D eigenvalue weighted by Gasteiger charge is -2.14. The van der Waals surface area contributed by atoms with E-state index in [1.165, 1.54) is 18.2 Å². The van der Waals surface area contributed by atoms with Gasteiger partial charge in [0, 0.05) is 5.56 Å². The summed E-state index contributed by atoms with van der Waals surface area (Å²) in [6.07, 6.45) is 2.01. The fraction of sp³-hybridized carbons (Fsp3) is 0.385. The minimum Gasteiger partial charge on any atom is -0.480 e. The molecule has 0 aliphatic carbocycles. The standard InChI is InChI=1S/C13H17ClN2O3/c1-2-3-4-11(13(18)19)16-12(17)8-5-6-10(15)9(14)7-8/h5-7,11H,2-4,15H2,1H3,(H,16,17)(H,18,19). The second-order valence-electron chi connectivity index (χ2n) is 4.24. The molecule has 19 heavy (non-hydrogen) atoms. The highest BCUT2D eigenvalue weighted by Crippen LogP contribution is 2.19. The zero-order chi connectivity index (χ0) is 14.4. The summed E-state index contributed by atoms with van der Waals surface area (Å²) < 4.78 is 0. The molecule has 5 nitrogen and oxygen atoms in total. The molecule has 0 saturated carbocycles. The van der Waals surface area contributed by atoms with Crippen LogP contribution in [0.4, 0.5) is 5.69 Å². The van der Waals surface area contributed by atoms with Gasteiger partial charge in [-0.15, -0.1) is 0 Å². The van der Waals surface area contributed by atoms with Crippen LogP contribution in [0.5, 0.6) is 0 Å². The van der Waals surface area contributed by atoms with Gasteiger partial charge in [0.25, 0.3) is 5.91 Å². The van der Waals surface area contributed by atoms with Crippen molar-refractivity contribution in [1.29, 1.82) is 0 Å². The third-order valence-corrected chi connectivity index (χ3v) is 3.04. The highest BCUT2D eigenvalue weighted by molar-refractivity contribution is 6.33. The summed E-state index contributed by atoms with van der Waals surface area (Å²) in [5.74, 6) is -1.51. The number of carboxylic acids is 1. The van der Waals surface area contributed by atoms with Gasteiger partial charge in [-0.3, -0.25) is 4.79 Å². The van der Waals surface area contributed by atoms with E-state index in [4.69, 9.17) is 22.4 Å². The van der Waals surface area contributed by atoms with Crippen molar-refractivity contribution in [2.75, 3.05) is 5.73 Å². The summed E-state index contributed by atoms with van der Waals surface area (Å²) >= 11 is 5.82. The number of benzene rings is 1. The lowest BCUT2D eigenvalue weighted by Crippen LogP contribution is -2.40. The zero-order valence-electron chi connectivity index (χ0n) is 10.6. The minimum atomic E-state index is -1.04. The molecule has 0 spiro atoms. The monoisotopic (exact) mass is 284 g/mol. The van der Waals surface area contributed by atoms with E-state index in [1.54, 1.807) is 0 Å². The van der Waals surface area contributed by atoms with Crippen LogP contribution < -0.4 is 11.1 Å². The maximum absolute atomic E-state index is 11.9. The Kier molecular flexibility index (Phi) is 5.63. The average Bonchev–Trinajstić information content (AvgIpc) is 2.37. The molecule has 1 atom stereocenters. The van der Waals surface area contributed by atoms with Crippen LogP contribution in [0, 0.1) is 0 Å². The van der Waals surface area contributed by atoms with Crippen molar-refractivity contribution in [3.63, 3.8) is 0 Å². The van der Waals surface area contributed by atoms with Gasteiger partial charge in [-0.1, -0.05) is 31.4 Å². The number of carboxylic acid groups (broad SMARTS) is 1. The zero-order valence-corrected chi connectivity index (χ0v) is 11.4. The Morgan fingerprint density at radius 3 is 2.68 bits per heavy atom. The summed E-state index contributed by atoms with van der Waals surface area (Å²) in [7, 11) is 0. The number of unbranched alkanes of at least 4 members (excludes halogenated alkanes) is 1. The van der Waals surface area contributed by atoms with Gasteiger partial charge in [0.15, 0.2) is 0 Å². The molecule has 0 fully saturated rings. The van der Waals surface area contributed by atoms with Crippen LogP contribution in [0.2, 0.25) is 5.02 Å². The third kappa shape index (κ3) is 4.44. The van der Waals surface area contributed by atoms with Gasteiger partial charge >= 0.3 is 5.97 Å². The number of nitrogens with two attached hydrogens (primary N) is 1. The topological polar surface area (TPSA) is 92.4 Å². The smallest absolute Gasteiger partial charge is 0.326 e. The number of nitrogen functional groups attached to an aromatic ring is 1. The molecule has 1 unspecified atom stereocenters. The predicted molar refractivity (Wildman–Crippen MR) is 74.3 cm³/mol. The molecule has 0 aromatic heterocycles. The molecule has 1 rings (SSSR count). The van der Waals surface area contributed by atoms with Crippen molar-refractivity contribution >= 4 is 29.2 Å². The summed E-state index contributed by atoms with van der Waals surface area (Å²) in [5.41, 5.74) is 6.21. The number of aliphatic carboxylic acids is 1. The molecule has 0 aliphatic rings. The van der Waals surface area contributed by atoms with Gasteiger partial charge < -0.3 is 16.2 Å². The number of carbonyl (C=O) groups is 2. The summed E-state index contributed by atoms with van der Waals surface area (Å²) in [6.45, 7) is 1.96. The van der Waals surface area contributed by atoms with Crippen molar-refractivity contribution in [1.82, 2.24) is 5.32 Å². The quantitative estimate of drug-likeness (QED) is 0.699. The Balaban J connectivity index is 2.75. The van der Waals surface area contributed by atoms with Crippen LogP contribution in [-0.2, 0) is 4.79 Å². The van der Waals surface area contributed by atoms with E-state index in [9.17, 15) is 9.59 Å². The van der Waals surface area contributed by atoms with E-state index < -0.39 is 17.9 Å². The molecule has 4 N–H and O–H groups in total. The highest BCUT2D eigenvalue weighted by atomic mass is 35.5. The van der Waals surface area contributed by atoms with Crippen LogP contribution in [0.1, 0.15) is 36.5 Å². The number of hydrogen-bond acceptors (Lipinski definition) is 3. The maximum atomic E-state index is 11.9. The van der Waals surface area contributed by atoms with E-state index in [1.807, 2.05) is 6.92 Å². The largest absolute Gasteiger partial charge is 0.480 e. The SMILES string of the molecule is CCCCC(NC(=O)c1ccc(N)c(Cl)c1)C(=O)O. The Morgan fingerprint density at radius 1 is 1.47 bits per heavy atom. The first-order valence-corrected chi connectivity index (χ1v) is 6.42. The molecule has 0 bridgehead atoms. The average molecular weight is 285 g/mol. The Labute approximate surface area is 116 Å². The third-order valence-electron chi connectivity index (χ3n) is 2.71. The first-order chi connectivity index (χ1) is 8.95. The van der Waals surface area contributed by atoms with Crippen molar-refractivity contribution in [3.05, 3.63) is 28.8 Å². The number of amides is 1. The lowest BCUT2D eigenvalue weighted by atomic mass is 10.1. The van der Waals surface area contributed by atoms with Crippen molar-refractivity contribution in [2.45, 2.75) is 32.2 Å². The fourth-order valence-electron chi connectivity index (χ4n) is 1.58. The number of hydrogen-bond donors (Lipinski definition) is 3. The molecule has 1 aromatic rings. The molecule has 1 aromatic carbocycles. The molecule has 0 aliphatic heterocycles. The van der Waals surface area contributed by atoms with Crippen LogP contribution in [-0.4, -0.2) is 23.0 Å². The molecule has 0 heterocycles. The maximum Gasteiger partial charge on any atom is 0.326 e. The van der Waals surface area contributed by atoms with Crippen LogP contribution in [0.25, 0.3) is 0 Å². The lowest BCUT2D eigenvalue weighted by molar-refractivity contribution is -0.139. The van der Waals surface area contributed by atoms with Crippen molar-refractivity contribution in [2.24, 2.45) is 0 Å². The first-order valence-electron chi connectivity index (χ1n) is 6.04. The van der Waals surface area contributed by atoms with E-state index >= 15 is 0 Å². The molecule has 0 saturated heterocycles. The van der Waals surface area contributed by atoms with Crippen LogP contribution in [0.15, 0.2) is 18.2 Å². The van der Waals surface area contributed by atoms with Crippen molar-refractivity contribution in [3.8, 4) is 0 Å². The Morgan fingerprint density at radius 2 is 2.16 bits per heavy atom. The molecular formula is C13H17ClN2O3. The van der Waals surface area contributed by atoms with Gasteiger partial charge in [-0.2, -0.15) is 0 Å². The van der Waals surface area contributed by atoms with E-state index in [0.717, 1.165) is 12.8 Å². The number of halogens is 1. The van der Waals surface area contributed by atoms with Crippen LogP contribution in [0.3, 0.4) is 0 Å². The Hall–Kier alpha value is -1.75. The van der Waals surface area contributed by atoms with Gasteiger partial charge in [-0.05, 0) is 24.6 Å². The second kappa shape index (κ2) is 6.99. The number of carbonyl (C=O) groups excluding carboxylic acids is 1. The number of nitrogens with one attached hydrogen (secondary N) is 1. The molecule has 1 amide bonds. The van der Waals surface area contributed by atoms with Gasteiger partial charge in [0.05, 0.1) is 10.7 Å². The predicted octanol–water partition coefficient (Wildman–Crippen LogP) is 2.30. The van der Waals surface area contributed by atoms with Gasteiger partial charge in [-0.25, -0.2) is 4.79 Å². The van der Waals surface area contributed by atoms with E-state index in [-0.39, 0.29) is 5.02 Å². The summed E-state index contributed by atoms with van der Waals surface area (Å²) in [4.78, 5) is 22.9. The second-order valence-corrected chi connectivity index (χ2v) is 4.65. The number of anilines is 1. The van der Waals surface area contributed by atoms with Crippen LogP contribution >= 0.6 is 11.6 Å².